The predicted octanol–water partition coefficient (Wildman–Crippen LogP) is 2.40. The molecule has 2 amide bonds. The van der Waals surface area contributed by atoms with Crippen molar-refractivity contribution in [1.29, 1.82) is 0 Å². The number of anilines is 2. The molecule has 1 aliphatic carbocycles. The van der Waals surface area contributed by atoms with E-state index in [9.17, 15) is 18.4 Å². The molecule has 0 unspecified atom stereocenters. The van der Waals surface area contributed by atoms with Crippen molar-refractivity contribution in [1.82, 2.24) is 19.8 Å². The van der Waals surface area contributed by atoms with Crippen molar-refractivity contribution in [2.45, 2.75) is 70.6 Å². The Morgan fingerprint density at radius 2 is 1.73 bits per heavy atom. The van der Waals surface area contributed by atoms with E-state index in [1.54, 1.807) is 9.80 Å². The van der Waals surface area contributed by atoms with Crippen LogP contribution in [0.25, 0.3) is 0 Å². The molecule has 1 aromatic rings. The lowest BCUT2D eigenvalue weighted by molar-refractivity contribution is -0.140. The van der Waals surface area contributed by atoms with Gasteiger partial charge in [0.1, 0.15) is 23.7 Å². The highest BCUT2D eigenvalue weighted by atomic mass is 19.3. The minimum atomic E-state index is -2.93. The predicted molar refractivity (Wildman–Crippen MR) is 132 cm³/mol. The molecule has 12 heteroatoms. The molecule has 37 heavy (non-hydrogen) atoms. The fourth-order valence-electron chi connectivity index (χ4n) is 5.06. The fraction of sp³-hybridized carbons (Fsp3) is 0.760. The second-order valence-electron chi connectivity index (χ2n) is 11.4. The number of hydrogen-bond donors (Lipinski definition) is 0. The summed E-state index contributed by atoms with van der Waals surface area (Å²) in [7, 11) is 0. The zero-order chi connectivity index (χ0) is 26.5. The normalized spacial score (nSPS) is 23.5. The Bertz CT molecular complexity index is 1050. The average Bonchev–Trinajstić information content (AvgIpc) is 3.10. The standard InChI is InChI=1S/C25H36F2N6O4/c1-16-6-8-33(16)22-28-20-18(5-7-25(20,26)27)21(29-22)32-13-17(14-32)36-15-19(34)30-9-11-31(12-10-30)23(35)37-24(2,3)4/h16-17H,5-15H2,1-4H3/t16-/m0/s1. The van der Waals surface area contributed by atoms with E-state index in [1.165, 1.54) is 0 Å². The molecule has 4 heterocycles. The van der Waals surface area contributed by atoms with Crippen LogP contribution in [-0.2, 0) is 26.6 Å². The van der Waals surface area contributed by atoms with Gasteiger partial charge in [0, 0.05) is 63.8 Å². The number of alkyl halides is 2. The molecule has 204 valence electrons. The molecule has 0 saturated carbocycles. The van der Waals surface area contributed by atoms with Crippen molar-refractivity contribution in [3.8, 4) is 0 Å². The van der Waals surface area contributed by atoms with Gasteiger partial charge >= 0.3 is 6.09 Å². The van der Waals surface area contributed by atoms with Gasteiger partial charge in [-0.25, -0.2) is 9.78 Å². The first-order chi connectivity index (χ1) is 17.4. The number of carbonyl (C=O) groups excluding carboxylic acids is 2. The molecular weight excluding hydrogens is 486 g/mol. The van der Waals surface area contributed by atoms with Crippen LogP contribution in [0.4, 0.5) is 25.3 Å². The van der Waals surface area contributed by atoms with Gasteiger partial charge in [0.05, 0.1) is 6.10 Å². The molecule has 3 aliphatic heterocycles. The summed E-state index contributed by atoms with van der Waals surface area (Å²) in [6.07, 6.45) is 0.461. The Morgan fingerprint density at radius 1 is 1.05 bits per heavy atom. The summed E-state index contributed by atoms with van der Waals surface area (Å²) in [6.45, 7) is 10.9. The van der Waals surface area contributed by atoms with Gasteiger partial charge in [-0.2, -0.15) is 13.8 Å². The smallest absolute Gasteiger partial charge is 0.410 e. The molecule has 10 nitrogen and oxygen atoms in total. The summed E-state index contributed by atoms with van der Waals surface area (Å²) in [5.41, 5.74) is -0.174. The topological polar surface area (TPSA) is 91.3 Å². The molecule has 0 bridgehead atoms. The first-order valence-electron chi connectivity index (χ1n) is 13.1. The minimum absolute atomic E-state index is 0.0541. The van der Waals surface area contributed by atoms with Crippen LogP contribution >= 0.6 is 0 Å². The Labute approximate surface area is 215 Å². The van der Waals surface area contributed by atoms with E-state index in [0.717, 1.165) is 13.0 Å². The molecule has 1 aromatic heterocycles. The molecule has 0 N–H and O–H groups in total. The maximum atomic E-state index is 14.5. The number of piperazine rings is 1. The van der Waals surface area contributed by atoms with Crippen molar-refractivity contribution in [2.24, 2.45) is 0 Å². The fourth-order valence-corrected chi connectivity index (χ4v) is 5.06. The van der Waals surface area contributed by atoms with Crippen molar-refractivity contribution < 1.29 is 27.8 Å². The number of fused-ring (bicyclic) bond motifs is 1. The Hall–Kier alpha value is -2.76. The molecule has 0 spiro atoms. The van der Waals surface area contributed by atoms with Crippen molar-refractivity contribution in [2.75, 3.05) is 62.2 Å². The number of ether oxygens (including phenoxy) is 2. The third kappa shape index (κ3) is 5.30. The van der Waals surface area contributed by atoms with E-state index in [2.05, 4.69) is 9.97 Å². The van der Waals surface area contributed by atoms with Gasteiger partial charge in [-0.3, -0.25) is 4.79 Å². The highest BCUT2D eigenvalue weighted by molar-refractivity contribution is 5.78. The van der Waals surface area contributed by atoms with Gasteiger partial charge in [-0.05, 0) is 40.5 Å². The van der Waals surface area contributed by atoms with E-state index < -0.39 is 11.5 Å². The second-order valence-corrected chi connectivity index (χ2v) is 11.4. The highest BCUT2D eigenvalue weighted by Gasteiger charge is 2.46. The maximum absolute atomic E-state index is 14.5. The summed E-state index contributed by atoms with van der Waals surface area (Å²) in [5.74, 6) is -2.12. The summed E-state index contributed by atoms with van der Waals surface area (Å²) in [4.78, 5) is 41.0. The number of carbonyl (C=O) groups is 2. The number of halogens is 2. The van der Waals surface area contributed by atoms with Crippen LogP contribution in [0.1, 0.15) is 51.8 Å². The summed E-state index contributed by atoms with van der Waals surface area (Å²) in [6, 6.07) is 0.241. The maximum Gasteiger partial charge on any atom is 0.410 e. The Balaban J connectivity index is 1.12. The van der Waals surface area contributed by atoms with E-state index in [4.69, 9.17) is 9.47 Å². The highest BCUT2D eigenvalue weighted by Crippen LogP contribution is 2.45. The zero-order valence-corrected chi connectivity index (χ0v) is 22.0. The SMILES string of the molecule is C[C@H]1CCN1c1nc(N2CC(OCC(=O)N3CCN(C(=O)OC(C)(C)C)CC3)C2)c2c(n1)C(F)(F)CC2. The van der Waals surface area contributed by atoms with Crippen LogP contribution in [0.5, 0.6) is 0 Å². The first kappa shape index (κ1) is 25.9. The van der Waals surface area contributed by atoms with E-state index >= 15 is 0 Å². The summed E-state index contributed by atoms with van der Waals surface area (Å²) < 4.78 is 40.3. The monoisotopic (exact) mass is 522 g/mol. The summed E-state index contributed by atoms with van der Waals surface area (Å²) >= 11 is 0. The van der Waals surface area contributed by atoms with Crippen molar-refractivity contribution in [3.05, 3.63) is 11.3 Å². The van der Waals surface area contributed by atoms with E-state index in [-0.39, 0.29) is 49.3 Å². The van der Waals surface area contributed by atoms with Crippen molar-refractivity contribution in [3.63, 3.8) is 0 Å². The van der Waals surface area contributed by atoms with Crippen LogP contribution in [0, 0.1) is 0 Å². The van der Waals surface area contributed by atoms with Gasteiger partial charge in [0.2, 0.25) is 11.9 Å². The molecular formula is C25H36F2N6O4. The zero-order valence-electron chi connectivity index (χ0n) is 22.0. The lowest BCUT2D eigenvalue weighted by atomic mass is 10.1. The van der Waals surface area contributed by atoms with Gasteiger partial charge < -0.3 is 29.1 Å². The molecule has 0 radical (unpaired) electrons. The van der Waals surface area contributed by atoms with Gasteiger partial charge in [0.25, 0.3) is 5.92 Å². The minimum Gasteiger partial charge on any atom is -0.444 e. The molecule has 1 atom stereocenters. The first-order valence-corrected chi connectivity index (χ1v) is 13.1. The van der Waals surface area contributed by atoms with Gasteiger partial charge in [-0.15, -0.1) is 0 Å². The number of amides is 2. The van der Waals surface area contributed by atoms with Crippen LogP contribution in [-0.4, -0.2) is 102 Å². The van der Waals surface area contributed by atoms with Crippen LogP contribution in [0.15, 0.2) is 0 Å². The molecule has 3 fully saturated rings. The van der Waals surface area contributed by atoms with Crippen LogP contribution < -0.4 is 9.80 Å². The van der Waals surface area contributed by atoms with E-state index in [0.29, 0.717) is 56.6 Å². The van der Waals surface area contributed by atoms with Crippen LogP contribution in [0.2, 0.25) is 0 Å². The second kappa shape index (κ2) is 9.52. The Morgan fingerprint density at radius 3 is 2.32 bits per heavy atom. The van der Waals surface area contributed by atoms with Gasteiger partial charge in [-0.1, -0.05) is 0 Å². The van der Waals surface area contributed by atoms with Crippen LogP contribution in [0.3, 0.4) is 0 Å². The molecule has 0 aromatic carbocycles. The third-order valence-electron chi connectivity index (χ3n) is 7.46. The molecule has 3 saturated heterocycles. The lowest BCUT2D eigenvalue weighted by Gasteiger charge is -2.43. The summed E-state index contributed by atoms with van der Waals surface area (Å²) in [5, 5.41) is 0. The molecule has 4 aliphatic rings. The largest absolute Gasteiger partial charge is 0.444 e. The number of hydrogen-bond acceptors (Lipinski definition) is 8. The van der Waals surface area contributed by atoms with Crippen molar-refractivity contribution >= 4 is 23.8 Å². The number of nitrogens with zero attached hydrogens (tertiary/aromatic N) is 6. The lowest BCUT2D eigenvalue weighted by Crippen LogP contribution is -2.55. The molecule has 5 rings (SSSR count). The Kier molecular flexibility index (Phi) is 6.66. The number of aromatic nitrogens is 2. The average molecular weight is 523 g/mol. The quantitative estimate of drug-likeness (QED) is 0.582. The van der Waals surface area contributed by atoms with E-state index in [1.807, 2.05) is 37.5 Å². The third-order valence-corrected chi connectivity index (χ3v) is 7.46. The van der Waals surface area contributed by atoms with Gasteiger partial charge in [0.15, 0.2) is 0 Å². The number of rotatable bonds is 5.